The summed E-state index contributed by atoms with van der Waals surface area (Å²) in [6.07, 6.45) is 2.06. The first-order valence-electron chi connectivity index (χ1n) is 6.24. The highest BCUT2D eigenvalue weighted by atomic mass is 16.3. The summed E-state index contributed by atoms with van der Waals surface area (Å²) >= 11 is 0. The molecule has 0 aromatic heterocycles. The lowest BCUT2D eigenvalue weighted by atomic mass is 9.95. The lowest BCUT2D eigenvalue weighted by molar-refractivity contribution is -0.136. The summed E-state index contributed by atoms with van der Waals surface area (Å²) in [7, 11) is 1.72. The number of amides is 1. The lowest BCUT2D eigenvalue weighted by Gasteiger charge is -2.29. The maximum atomic E-state index is 12.3. The molecule has 0 bridgehead atoms. The Morgan fingerprint density at radius 2 is 2.11 bits per heavy atom. The van der Waals surface area contributed by atoms with Crippen molar-refractivity contribution in [2.75, 3.05) is 7.05 Å². The fourth-order valence-electron chi connectivity index (χ4n) is 2.24. The number of rotatable bonds is 4. The van der Waals surface area contributed by atoms with E-state index in [1.807, 2.05) is 12.1 Å². The number of para-hydroxylation sites is 1. The third-order valence-electron chi connectivity index (χ3n) is 3.63. The van der Waals surface area contributed by atoms with Crippen molar-refractivity contribution in [1.29, 1.82) is 0 Å². The number of hydrogen-bond donors (Lipinski definition) is 2. The van der Waals surface area contributed by atoms with Crippen molar-refractivity contribution >= 4 is 5.91 Å². The van der Waals surface area contributed by atoms with Crippen molar-refractivity contribution < 1.29 is 9.90 Å². The molecule has 0 saturated heterocycles. The molecule has 1 aliphatic carbocycles. The van der Waals surface area contributed by atoms with Crippen LogP contribution in [0.5, 0.6) is 5.75 Å². The number of benzene rings is 1. The Kier molecular flexibility index (Phi) is 3.30. The van der Waals surface area contributed by atoms with Gasteiger partial charge >= 0.3 is 0 Å². The SMILES string of the molecule is CN(Cc1ccccc1O)C(=O)C(C)(N)C1CC1. The van der Waals surface area contributed by atoms with Gasteiger partial charge in [0, 0.05) is 19.2 Å². The van der Waals surface area contributed by atoms with Crippen molar-refractivity contribution in [3.05, 3.63) is 29.8 Å². The van der Waals surface area contributed by atoms with E-state index in [1.54, 1.807) is 31.0 Å². The number of aromatic hydroxyl groups is 1. The smallest absolute Gasteiger partial charge is 0.242 e. The Bertz CT molecular complexity index is 453. The van der Waals surface area contributed by atoms with Gasteiger partial charge in [0.2, 0.25) is 5.91 Å². The molecule has 18 heavy (non-hydrogen) atoms. The molecule has 0 spiro atoms. The summed E-state index contributed by atoms with van der Waals surface area (Å²) in [6, 6.07) is 7.04. The summed E-state index contributed by atoms with van der Waals surface area (Å²) < 4.78 is 0. The molecule has 1 aliphatic rings. The molecular weight excluding hydrogens is 228 g/mol. The molecule has 0 aliphatic heterocycles. The van der Waals surface area contributed by atoms with Crippen LogP contribution in [0.3, 0.4) is 0 Å². The van der Waals surface area contributed by atoms with Crippen LogP contribution in [0.1, 0.15) is 25.3 Å². The van der Waals surface area contributed by atoms with E-state index >= 15 is 0 Å². The van der Waals surface area contributed by atoms with E-state index in [0.29, 0.717) is 12.5 Å². The Balaban J connectivity index is 2.06. The Hall–Kier alpha value is -1.55. The second-order valence-corrected chi connectivity index (χ2v) is 5.35. The van der Waals surface area contributed by atoms with Crippen LogP contribution < -0.4 is 5.73 Å². The first kappa shape index (κ1) is 12.9. The topological polar surface area (TPSA) is 66.6 Å². The van der Waals surface area contributed by atoms with Crippen molar-refractivity contribution in [2.45, 2.75) is 31.8 Å². The lowest BCUT2D eigenvalue weighted by Crippen LogP contribution is -2.53. The van der Waals surface area contributed by atoms with Crippen LogP contribution in [0.4, 0.5) is 0 Å². The number of nitrogens with zero attached hydrogens (tertiary/aromatic N) is 1. The predicted molar refractivity (Wildman–Crippen MR) is 69.9 cm³/mol. The van der Waals surface area contributed by atoms with Gasteiger partial charge in [-0.2, -0.15) is 0 Å². The number of carbonyl (C=O) groups excluding carboxylic acids is 1. The molecule has 98 valence electrons. The quantitative estimate of drug-likeness (QED) is 0.848. The second kappa shape index (κ2) is 4.61. The molecule has 1 unspecified atom stereocenters. The number of phenolic OH excluding ortho intramolecular Hbond substituents is 1. The number of nitrogens with two attached hydrogens (primary N) is 1. The monoisotopic (exact) mass is 248 g/mol. The molecule has 3 N–H and O–H groups in total. The van der Waals surface area contributed by atoms with Crippen LogP contribution in [0.15, 0.2) is 24.3 Å². The molecule has 0 radical (unpaired) electrons. The Labute approximate surface area is 107 Å². The predicted octanol–water partition coefficient (Wildman–Crippen LogP) is 1.48. The van der Waals surface area contributed by atoms with Crippen LogP contribution in [-0.2, 0) is 11.3 Å². The van der Waals surface area contributed by atoms with Gasteiger partial charge in [-0.15, -0.1) is 0 Å². The van der Waals surface area contributed by atoms with Gasteiger partial charge in [0.25, 0.3) is 0 Å². The fraction of sp³-hybridized carbons (Fsp3) is 0.500. The largest absolute Gasteiger partial charge is 0.508 e. The minimum atomic E-state index is -0.779. The van der Waals surface area contributed by atoms with Crippen molar-refractivity contribution in [2.24, 2.45) is 11.7 Å². The summed E-state index contributed by atoms with van der Waals surface area (Å²) in [4.78, 5) is 13.9. The van der Waals surface area contributed by atoms with E-state index in [9.17, 15) is 9.90 Å². The van der Waals surface area contributed by atoms with Gasteiger partial charge in [0.15, 0.2) is 0 Å². The molecule has 1 saturated carbocycles. The highest BCUT2D eigenvalue weighted by Crippen LogP contribution is 2.39. The van der Waals surface area contributed by atoms with E-state index in [-0.39, 0.29) is 11.7 Å². The van der Waals surface area contributed by atoms with Crippen molar-refractivity contribution in [3.63, 3.8) is 0 Å². The Morgan fingerprint density at radius 3 is 2.67 bits per heavy atom. The van der Waals surface area contributed by atoms with Gasteiger partial charge in [-0.25, -0.2) is 0 Å². The molecule has 1 atom stereocenters. The second-order valence-electron chi connectivity index (χ2n) is 5.35. The van der Waals surface area contributed by atoms with Gasteiger partial charge in [-0.3, -0.25) is 4.79 Å². The average molecular weight is 248 g/mol. The minimum Gasteiger partial charge on any atom is -0.508 e. The summed E-state index contributed by atoms with van der Waals surface area (Å²) in [5.74, 6) is 0.451. The normalized spacial score (nSPS) is 18.2. The molecule has 2 rings (SSSR count). The molecule has 1 aromatic rings. The Morgan fingerprint density at radius 1 is 1.50 bits per heavy atom. The van der Waals surface area contributed by atoms with Crippen LogP contribution in [0, 0.1) is 5.92 Å². The average Bonchev–Trinajstić information content (AvgIpc) is 3.15. The molecule has 1 amide bonds. The van der Waals surface area contributed by atoms with Gasteiger partial charge in [0.1, 0.15) is 5.75 Å². The number of likely N-dealkylation sites (N-methyl/N-ethyl adjacent to an activating group) is 1. The maximum Gasteiger partial charge on any atom is 0.242 e. The van der Waals surface area contributed by atoms with Gasteiger partial charge in [-0.1, -0.05) is 18.2 Å². The maximum absolute atomic E-state index is 12.3. The molecule has 4 nitrogen and oxygen atoms in total. The van der Waals surface area contributed by atoms with E-state index < -0.39 is 5.54 Å². The van der Waals surface area contributed by atoms with Crippen LogP contribution >= 0.6 is 0 Å². The summed E-state index contributed by atoms with van der Waals surface area (Å²) in [5.41, 5.74) is 6.06. The standard InChI is InChI=1S/C14H20N2O2/c1-14(15,11-7-8-11)13(18)16(2)9-10-5-3-4-6-12(10)17/h3-6,11,17H,7-9,15H2,1-2H3. The van der Waals surface area contributed by atoms with E-state index in [0.717, 1.165) is 18.4 Å². The van der Waals surface area contributed by atoms with Crippen LogP contribution in [0.25, 0.3) is 0 Å². The number of phenols is 1. The van der Waals surface area contributed by atoms with Crippen LogP contribution in [-0.4, -0.2) is 28.5 Å². The zero-order valence-electron chi connectivity index (χ0n) is 10.9. The third-order valence-corrected chi connectivity index (χ3v) is 3.63. The fourth-order valence-corrected chi connectivity index (χ4v) is 2.24. The molecule has 0 heterocycles. The molecule has 1 aromatic carbocycles. The highest BCUT2D eigenvalue weighted by Gasteiger charge is 2.45. The zero-order chi connectivity index (χ0) is 13.3. The van der Waals surface area contributed by atoms with Crippen molar-refractivity contribution in [1.82, 2.24) is 4.90 Å². The number of carbonyl (C=O) groups is 1. The van der Waals surface area contributed by atoms with E-state index in [2.05, 4.69) is 0 Å². The first-order chi connectivity index (χ1) is 8.43. The van der Waals surface area contributed by atoms with Gasteiger partial charge in [-0.05, 0) is 31.7 Å². The first-order valence-corrected chi connectivity index (χ1v) is 6.24. The van der Waals surface area contributed by atoms with Gasteiger partial charge in [0.05, 0.1) is 5.54 Å². The molecular formula is C14H20N2O2. The third kappa shape index (κ3) is 2.48. The van der Waals surface area contributed by atoms with Gasteiger partial charge < -0.3 is 15.7 Å². The van der Waals surface area contributed by atoms with Crippen LogP contribution in [0.2, 0.25) is 0 Å². The van der Waals surface area contributed by atoms with E-state index in [4.69, 9.17) is 5.73 Å². The number of hydrogen-bond acceptors (Lipinski definition) is 3. The van der Waals surface area contributed by atoms with Crippen molar-refractivity contribution in [3.8, 4) is 5.75 Å². The minimum absolute atomic E-state index is 0.0618. The molecule has 4 heteroatoms. The zero-order valence-corrected chi connectivity index (χ0v) is 10.9. The molecule has 1 fully saturated rings. The summed E-state index contributed by atoms with van der Waals surface area (Å²) in [5, 5.41) is 9.70. The van der Waals surface area contributed by atoms with E-state index in [1.165, 1.54) is 0 Å². The highest BCUT2D eigenvalue weighted by molar-refractivity contribution is 5.86. The summed E-state index contributed by atoms with van der Waals surface area (Å²) in [6.45, 7) is 2.18.